The lowest BCUT2D eigenvalue weighted by atomic mass is 10.2. The summed E-state index contributed by atoms with van der Waals surface area (Å²) in [6.07, 6.45) is 4.23. The van der Waals surface area contributed by atoms with E-state index in [2.05, 4.69) is 9.97 Å². The van der Waals surface area contributed by atoms with Crippen LogP contribution in [0.15, 0.2) is 18.7 Å². The molecule has 0 atom stereocenters. The molecule has 4 heteroatoms. The summed E-state index contributed by atoms with van der Waals surface area (Å²) in [5, 5.41) is 0. The van der Waals surface area contributed by atoms with Crippen molar-refractivity contribution in [3.63, 3.8) is 0 Å². The molecule has 0 unspecified atom stereocenters. The maximum Gasteiger partial charge on any atom is 0.341 e. The Labute approximate surface area is 77.0 Å². The Balaban J connectivity index is 2.71. The number of nitrogens with zero attached hydrogens (tertiary/aromatic N) is 2. The highest BCUT2D eigenvalue weighted by Crippen LogP contribution is 2.10. The summed E-state index contributed by atoms with van der Waals surface area (Å²) in [7, 11) is 0. The van der Waals surface area contributed by atoms with Gasteiger partial charge < -0.3 is 4.74 Å². The van der Waals surface area contributed by atoms with Gasteiger partial charge >= 0.3 is 5.97 Å². The van der Waals surface area contributed by atoms with Gasteiger partial charge in [0.25, 0.3) is 0 Å². The Kier molecular flexibility index (Phi) is 2.60. The standard InChI is InChI=1S/C9H12N2O2/c1-9(2,3)13-8(12)7-4-10-6-11-5-7/h4-6H,1-3H3. The Hall–Kier alpha value is -1.45. The zero-order valence-corrected chi connectivity index (χ0v) is 7.94. The van der Waals surface area contributed by atoms with Crippen molar-refractivity contribution in [3.05, 3.63) is 24.3 Å². The number of aromatic nitrogens is 2. The summed E-state index contributed by atoms with van der Waals surface area (Å²) in [6.45, 7) is 5.44. The molecule has 70 valence electrons. The minimum atomic E-state index is -0.479. The molecule has 0 N–H and O–H groups in total. The average Bonchev–Trinajstić information content (AvgIpc) is 2.03. The van der Waals surface area contributed by atoms with E-state index >= 15 is 0 Å². The maximum atomic E-state index is 11.4. The Morgan fingerprint density at radius 1 is 1.31 bits per heavy atom. The number of esters is 1. The van der Waals surface area contributed by atoms with Gasteiger partial charge in [0, 0.05) is 12.4 Å². The van der Waals surface area contributed by atoms with Crippen LogP contribution in [-0.2, 0) is 4.74 Å². The Morgan fingerprint density at radius 2 is 1.85 bits per heavy atom. The monoisotopic (exact) mass is 180 g/mol. The number of carbonyl (C=O) groups is 1. The van der Waals surface area contributed by atoms with Crippen LogP contribution in [-0.4, -0.2) is 21.5 Å². The lowest BCUT2D eigenvalue weighted by molar-refractivity contribution is 0.00686. The second kappa shape index (κ2) is 3.51. The van der Waals surface area contributed by atoms with E-state index in [-0.39, 0.29) is 0 Å². The predicted molar refractivity (Wildman–Crippen MR) is 47.2 cm³/mol. The maximum absolute atomic E-state index is 11.4. The van der Waals surface area contributed by atoms with E-state index in [1.165, 1.54) is 18.7 Å². The van der Waals surface area contributed by atoms with E-state index < -0.39 is 11.6 Å². The molecule has 0 aliphatic rings. The van der Waals surface area contributed by atoms with Crippen LogP contribution in [0, 0.1) is 0 Å². The van der Waals surface area contributed by atoms with Crippen LogP contribution in [0.4, 0.5) is 0 Å². The highest BCUT2D eigenvalue weighted by atomic mass is 16.6. The van der Waals surface area contributed by atoms with Crippen LogP contribution in [0.3, 0.4) is 0 Å². The first-order valence-corrected chi connectivity index (χ1v) is 3.97. The lowest BCUT2D eigenvalue weighted by Crippen LogP contribution is -2.24. The van der Waals surface area contributed by atoms with E-state index in [4.69, 9.17) is 4.74 Å². The van der Waals surface area contributed by atoms with E-state index in [0.717, 1.165) is 0 Å². The molecule has 0 spiro atoms. The summed E-state index contributed by atoms with van der Waals surface area (Å²) in [5.41, 5.74) is -0.107. The van der Waals surface area contributed by atoms with Gasteiger partial charge in [-0.25, -0.2) is 14.8 Å². The van der Waals surface area contributed by atoms with Gasteiger partial charge in [-0.2, -0.15) is 0 Å². The van der Waals surface area contributed by atoms with E-state index in [1.54, 1.807) is 0 Å². The number of carbonyl (C=O) groups excluding carboxylic acids is 1. The summed E-state index contributed by atoms with van der Waals surface area (Å²) in [5.74, 6) is -0.395. The summed E-state index contributed by atoms with van der Waals surface area (Å²) < 4.78 is 5.10. The van der Waals surface area contributed by atoms with Crippen LogP contribution >= 0.6 is 0 Å². The minimum absolute atomic E-state index is 0.373. The molecule has 13 heavy (non-hydrogen) atoms. The zero-order chi connectivity index (χ0) is 9.90. The average molecular weight is 180 g/mol. The fourth-order valence-electron chi connectivity index (χ4n) is 0.742. The molecule has 0 radical (unpaired) electrons. The Morgan fingerprint density at radius 3 is 2.31 bits per heavy atom. The Bertz CT molecular complexity index is 290. The molecule has 1 aromatic rings. The first-order valence-electron chi connectivity index (χ1n) is 3.97. The van der Waals surface area contributed by atoms with Crippen molar-refractivity contribution in [2.75, 3.05) is 0 Å². The van der Waals surface area contributed by atoms with E-state index in [0.29, 0.717) is 5.56 Å². The number of rotatable bonds is 1. The third kappa shape index (κ3) is 3.19. The van der Waals surface area contributed by atoms with Crippen molar-refractivity contribution in [1.82, 2.24) is 9.97 Å². The quantitative estimate of drug-likeness (QED) is 0.613. The second-order valence-corrected chi connectivity index (χ2v) is 3.63. The van der Waals surface area contributed by atoms with Crippen molar-refractivity contribution in [1.29, 1.82) is 0 Å². The summed E-state index contributed by atoms with van der Waals surface area (Å²) >= 11 is 0. The molecular formula is C9H12N2O2. The van der Waals surface area contributed by atoms with E-state index in [9.17, 15) is 4.79 Å². The molecular weight excluding hydrogens is 168 g/mol. The van der Waals surface area contributed by atoms with Gasteiger partial charge in [0.2, 0.25) is 0 Å². The van der Waals surface area contributed by atoms with Crippen molar-refractivity contribution in [2.45, 2.75) is 26.4 Å². The van der Waals surface area contributed by atoms with Crippen LogP contribution in [0.1, 0.15) is 31.1 Å². The topological polar surface area (TPSA) is 52.1 Å². The van der Waals surface area contributed by atoms with Gasteiger partial charge in [0.1, 0.15) is 11.9 Å². The second-order valence-electron chi connectivity index (χ2n) is 3.63. The molecule has 1 aromatic heterocycles. The molecule has 1 heterocycles. The van der Waals surface area contributed by atoms with Gasteiger partial charge in [-0.1, -0.05) is 0 Å². The molecule has 0 aliphatic heterocycles. The number of hydrogen-bond acceptors (Lipinski definition) is 4. The van der Waals surface area contributed by atoms with Crippen molar-refractivity contribution < 1.29 is 9.53 Å². The number of hydrogen-bond donors (Lipinski definition) is 0. The first kappa shape index (κ1) is 9.64. The molecule has 0 saturated heterocycles. The van der Waals surface area contributed by atoms with Crippen molar-refractivity contribution in [3.8, 4) is 0 Å². The third-order valence-corrected chi connectivity index (χ3v) is 1.20. The fourth-order valence-corrected chi connectivity index (χ4v) is 0.742. The largest absolute Gasteiger partial charge is 0.456 e. The summed E-state index contributed by atoms with van der Waals surface area (Å²) in [6, 6.07) is 0. The molecule has 0 bridgehead atoms. The molecule has 0 aliphatic carbocycles. The molecule has 0 amide bonds. The first-order chi connectivity index (χ1) is 5.99. The van der Waals surface area contributed by atoms with Gasteiger partial charge in [0.15, 0.2) is 0 Å². The van der Waals surface area contributed by atoms with Crippen molar-refractivity contribution in [2.24, 2.45) is 0 Å². The smallest absolute Gasteiger partial charge is 0.341 e. The fraction of sp³-hybridized carbons (Fsp3) is 0.444. The lowest BCUT2D eigenvalue weighted by Gasteiger charge is -2.18. The normalized spacial score (nSPS) is 11.0. The highest BCUT2D eigenvalue weighted by molar-refractivity contribution is 5.88. The van der Waals surface area contributed by atoms with Crippen LogP contribution < -0.4 is 0 Å². The van der Waals surface area contributed by atoms with Gasteiger partial charge in [-0.3, -0.25) is 0 Å². The third-order valence-electron chi connectivity index (χ3n) is 1.20. The zero-order valence-electron chi connectivity index (χ0n) is 7.94. The van der Waals surface area contributed by atoms with E-state index in [1.807, 2.05) is 20.8 Å². The van der Waals surface area contributed by atoms with Crippen LogP contribution in [0.2, 0.25) is 0 Å². The highest BCUT2D eigenvalue weighted by Gasteiger charge is 2.17. The molecule has 0 fully saturated rings. The molecule has 4 nitrogen and oxygen atoms in total. The van der Waals surface area contributed by atoms with Crippen LogP contribution in [0.25, 0.3) is 0 Å². The van der Waals surface area contributed by atoms with Crippen molar-refractivity contribution >= 4 is 5.97 Å². The minimum Gasteiger partial charge on any atom is -0.456 e. The molecule has 0 saturated carbocycles. The molecule has 1 rings (SSSR count). The van der Waals surface area contributed by atoms with Gasteiger partial charge in [-0.05, 0) is 20.8 Å². The van der Waals surface area contributed by atoms with Gasteiger partial charge in [0.05, 0.1) is 5.56 Å². The van der Waals surface area contributed by atoms with Gasteiger partial charge in [-0.15, -0.1) is 0 Å². The SMILES string of the molecule is CC(C)(C)OC(=O)c1cncnc1. The number of ether oxygens (including phenoxy) is 1. The summed E-state index contributed by atoms with van der Waals surface area (Å²) in [4.78, 5) is 18.8. The predicted octanol–water partition coefficient (Wildman–Crippen LogP) is 1.43. The molecule has 0 aromatic carbocycles. The van der Waals surface area contributed by atoms with Crippen LogP contribution in [0.5, 0.6) is 0 Å².